The Kier molecular flexibility index (Phi) is 4.11. The molecule has 17 heavy (non-hydrogen) atoms. The number of nitrogens with one attached hydrogen (secondary N) is 1. The van der Waals surface area contributed by atoms with Gasteiger partial charge in [-0.15, -0.1) is 0 Å². The van der Waals surface area contributed by atoms with Crippen LogP contribution in [0, 0.1) is 5.92 Å². The molecule has 0 aromatic heterocycles. The third-order valence-corrected chi connectivity index (χ3v) is 4.46. The first-order valence-corrected chi connectivity index (χ1v) is 7.17. The van der Waals surface area contributed by atoms with E-state index in [4.69, 9.17) is 4.99 Å². The minimum Gasteiger partial charge on any atom is -0.358 e. The van der Waals surface area contributed by atoms with Crippen molar-refractivity contribution in [3.63, 3.8) is 0 Å². The van der Waals surface area contributed by atoms with E-state index in [1.165, 1.54) is 5.56 Å². The number of amidine groups is 1. The van der Waals surface area contributed by atoms with Crippen molar-refractivity contribution < 1.29 is 0 Å². The van der Waals surface area contributed by atoms with Gasteiger partial charge in [0, 0.05) is 5.75 Å². The van der Waals surface area contributed by atoms with Crippen molar-refractivity contribution in [3.05, 3.63) is 35.9 Å². The number of hydrogen-bond acceptors (Lipinski definition) is 3. The molecule has 0 aliphatic carbocycles. The van der Waals surface area contributed by atoms with Crippen LogP contribution in [0.4, 0.5) is 0 Å². The standard InChI is InChI=1S/C14H20N2S/c1-10-9-17-14(15-11(10)2)16-12(3)13-7-5-4-6-8-13/h4-8,10-12H,9H2,1-3H3,(H,15,16). The second-order valence-corrected chi connectivity index (χ2v) is 5.75. The molecule has 1 heterocycles. The SMILES string of the molecule is CC(NC1=NC(C)C(C)CS1)c1ccccc1. The second kappa shape index (κ2) is 5.58. The van der Waals surface area contributed by atoms with Crippen molar-refractivity contribution in [1.82, 2.24) is 5.32 Å². The van der Waals surface area contributed by atoms with E-state index in [9.17, 15) is 0 Å². The zero-order valence-corrected chi connectivity index (χ0v) is 11.5. The molecule has 3 heteroatoms. The molecule has 0 radical (unpaired) electrons. The summed E-state index contributed by atoms with van der Waals surface area (Å²) < 4.78 is 0. The maximum absolute atomic E-state index is 4.70. The monoisotopic (exact) mass is 248 g/mol. The topological polar surface area (TPSA) is 24.4 Å². The molecule has 0 amide bonds. The summed E-state index contributed by atoms with van der Waals surface area (Å²) in [6, 6.07) is 11.3. The van der Waals surface area contributed by atoms with Crippen molar-refractivity contribution in [1.29, 1.82) is 0 Å². The molecule has 1 aliphatic heterocycles. The third-order valence-electron chi connectivity index (χ3n) is 3.27. The first-order chi connectivity index (χ1) is 8.16. The van der Waals surface area contributed by atoms with Gasteiger partial charge in [0.1, 0.15) is 0 Å². The van der Waals surface area contributed by atoms with Crippen molar-refractivity contribution in [2.24, 2.45) is 10.9 Å². The summed E-state index contributed by atoms with van der Waals surface area (Å²) in [5.41, 5.74) is 1.31. The molecule has 0 fully saturated rings. The van der Waals surface area contributed by atoms with Gasteiger partial charge in [0.15, 0.2) is 5.17 Å². The van der Waals surface area contributed by atoms with Crippen LogP contribution in [0.1, 0.15) is 32.4 Å². The summed E-state index contributed by atoms with van der Waals surface area (Å²) in [5.74, 6) is 1.84. The smallest absolute Gasteiger partial charge is 0.157 e. The molecule has 1 aliphatic rings. The van der Waals surface area contributed by atoms with Crippen LogP contribution >= 0.6 is 11.8 Å². The maximum atomic E-state index is 4.70. The van der Waals surface area contributed by atoms with Crippen molar-refractivity contribution >= 4 is 16.9 Å². The number of benzene rings is 1. The van der Waals surface area contributed by atoms with Crippen molar-refractivity contribution in [2.45, 2.75) is 32.9 Å². The van der Waals surface area contributed by atoms with Crippen LogP contribution < -0.4 is 5.32 Å². The number of rotatable bonds is 2. The van der Waals surface area contributed by atoms with Crippen LogP contribution in [0.5, 0.6) is 0 Å². The molecule has 0 spiro atoms. The molecule has 3 unspecified atom stereocenters. The first kappa shape index (κ1) is 12.5. The number of thioether (sulfide) groups is 1. The van der Waals surface area contributed by atoms with Crippen LogP contribution in [0.15, 0.2) is 35.3 Å². The van der Waals surface area contributed by atoms with Gasteiger partial charge in [0.25, 0.3) is 0 Å². The van der Waals surface area contributed by atoms with E-state index in [-0.39, 0.29) is 0 Å². The van der Waals surface area contributed by atoms with Crippen LogP contribution in [0.3, 0.4) is 0 Å². The van der Waals surface area contributed by atoms with E-state index in [0.717, 1.165) is 10.9 Å². The summed E-state index contributed by atoms with van der Waals surface area (Å²) in [7, 11) is 0. The highest BCUT2D eigenvalue weighted by Gasteiger charge is 2.20. The normalized spacial score (nSPS) is 26.2. The summed E-state index contributed by atoms with van der Waals surface area (Å²) in [6.45, 7) is 6.64. The van der Waals surface area contributed by atoms with Crippen LogP contribution in [-0.4, -0.2) is 17.0 Å². The maximum Gasteiger partial charge on any atom is 0.157 e. The predicted octanol–water partition coefficient (Wildman–Crippen LogP) is 3.46. The van der Waals surface area contributed by atoms with Gasteiger partial charge in [-0.3, -0.25) is 4.99 Å². The Bertz CT molecular complexity index is 388. The summed E-state index contributed by atoms with van der Waals surface area (Å²) in [6.07, 6.45) is 0. The fraction of sp³-hybridized carbons (Fsp3) is 0.500. The van der Waals surface area contributed by atoms with Gasteiger partial charge < -0.3 is 5.32 Å². The molecular formula is C14H20N2S. The number of aliphatic imine (C=N–C) groups is 1. The highest BCUT2D eigenvalue weighted by atomic mass is 32.2. The summed E-state index contributed by atoms with van der Waals surface area (Å²) >= 11 is 1.84. The molecule has 2 nitrogen and oxygen atoms in total. The number of hydrogen-bond donors (Lipinski definition) is 1. The fourth-order valence-electron chi connectivity index (χ4n) is 1.79. The van der Waals surface area contributed by atoms with Gasteiger partial charge >= 0.3 is 0 Å². The Morgan fingerprint density at radius 2 is 2.00 bits per heavy atom. The molecule has 2 rings (SSSR count). The molecule has 1 N–H and O–H groups in total. The van der Waals surface area contributed by atoms with E-state index in [2.05, 4.69) is 50.4 Å². The molecular weight excluding hydrogens is 228 g/mol. The van der Waals surface area contributed by atoms with Gasteiger partial charge in [-0.1, -0.05) is 49.0 Å². The molecule has 92 valence electrons. The van der Waals surface area contributed by atoms with Crippen LogP contribution in [-0.2, 0) is 0 Å². The van der Waals surface area contributed by atoms with Gasteiger partial charge in [-0.2, -0.15) is 0 Å². The molecule has 3 atom stereocenters. The minimum absolute atomic E-state index is 0.322. The van der Waals surface area contributed by atoms with E-state index >= 15 is 0 Å². The van der Waals surface area contributed by atoms with Crippen LogP contribution in [0.2, 0.25) is 0 Å². The fourth-order valence-corrected chi connectivity index (χ4v) is 2.99. The molecule has 1 aromatic carbocycles. The van der Waals surface area contributed by atoms with E-state index in [1.807, 2.05) is 17.8 Å². The average molecular weight is 248 g/mol. The Morgan fingerprint density at radius 3 is 2.65 bits per heavy atom. The lowest BCUT2D eigenvalue weighted by atomic mass is 10.1. The Morgan fingerprint density at radius 1 is 1.29 bits per heavy atom. The number of nitrogens with zero attached hydrogens (tertiary/aromatic N) is 1. The van der Waals surface area contributed by atoms with E-state index < -0.39 is 0 Å². The van der Waals surface area contributed by atoms with Gasteiger partial charge in [0.2, 0.25) is 0 Å². The average Bonchev–Trinajstić information content (AvgIpc) is 2.35. The van der Waals surface area contributed by atoms with E-state index in [0.29, 0.717) is 18.0 Å². The highest BCUT2D eigenvalue weighted by molar-refractivity contribution is 8.13. The predicted molar refractivity (Wildman–Crippen MR) is 76.5 cm³/mol. The van der Waals surface area contributed by atoms with Gasteiger partial charge in [-0.05, 0) is 25.3 Å². The van der Waals surface area contributed by atoms with E-state index in [1.54, 1.807) is 0 Å². The lowest BCUT2D eigenvalue weighted by molar-refractivity contribution is 0.532. The second-order valence-electron chi connectivity index (χ2n) is 4.74. The van der Waals surface area contributed by atoms with Crippen molar-refractivity contribution in [3.8, 4) is 0 Å². The molecule has 0 saturated heterocycles. The third kappa shape index (κ3) is 3.25. The molecule has 0 bridgehead atoms. The quantitative estimate of drug-likeness (QED) is 0.866. The Labute approximate surface area is 108 Å². The molecule has 0 saturated carbocycles. The minimum atomic E-state index is 0.322. The summed E-state index contributed by atoms with van der Waals surface area (Å²) in [4.78, 5) is 4.70. The zero-order chi connectivity index (χ0) is 12.3. The van der Waals surface area contributed by atoms with Gasteiger partial charge in [0.05, 0.1) is 12.1 Å². The van der Waals surface area contributed by atoms with Crippen LogP contribution in [0.25, 0.3) is 0 Å². The first-order valence-electron chi connectivity index (χ1n) is 6.19. The Balaban J connectivity index is 2.00. The summed E-state index contributed by atoms with van der Waals surface area (Å²) in [5, 5.41) is 4.59. The van der Waals surface area contributed by atoms with Crippen molar-refractivity contribution in [2.75, 3.05) is 5.75 Å². The zero-order valence-electron chi connectivity index (χ0n) is 10.7. The highest BCUT2D eigenvalue weighted by Crippen LogP contribution is 2.23. The Hall–Kier alpha value is -0.960. The molecule has 1 aromatic rings. The van der Waals surface area contributed by atoms with Gasteiger partial charge in [-0.25, -0.2) is 0 Å². The lowest BCUT2D eigenvalue weighted by Gasteiger charge is -2.25. The largest absolute Gasteiger partial charge is 0.358 e. The lowest BCUT2D eigenvalue weighted by Crippen LogP contribution is -2.31.